The third-order valence-corrected chi connectivity index (χ3v) is 4.99. The zero-order valence-corrected chi connectivity index (χ0v) is 13.7. The second-order valence-corrected chi connectivity index (χ2v) is 6.44. The van der Waals surface area contributed by atoms with Gasteiger partial charge in [-0.05, 0) is 18.9 Å². The standard InChI is InChI=1S/C16H26N4O3/c1-19-12(10-14(18-19)16(21)22)11-17-13-4-2-3-5-15(13)20-6-8-23-9-7-20/h10,13,15,17H,2-9,11H2,1H3,(H,21,22). The summed E-state index contributed by atoms with van der Waals surface area (Å²) in [6.45, 7) is 4.33. The zero-order chi connectivity index (χ0) is 16.2. The van der Waals surface area contributed by atoms with Crippen LogP contribution in [0.15, 0.2) is 6.07 Å². The number of aryl methyl sites for hydroxylation is 1. The molecule has 7 heteroatoms. The molecule has 0 amide bonds. The van der Waals surface area contributed by atoms with Crippen molar-refractivity contribution in [3.8, 4) is 0 Å². The van der Waals surface area contributed by atoms with E-state index in [0.29, 0.717) is 18.6 Å². The summed E-state index contributed by atoms with van der Waals surface area (Å²) >= 11 is 0. The average molecular weight is 322 g/mol. The van der Waals surface area contributed by atoms with Crippen LogP contribution in [0.5, 0.6) is 0 Å². The summed E-state index contributed by atoms with van der Waals surface area (Å²) in [6.07, 6.45) is 4.94. The molecule has 3 rings (SSSR count). The highest BCUT2D eigenvalue weighted by atomic mass is 16.5. The molecule has 2 N–H and O–H groups in total. The lowest BCUT2D eigenvalue weighted by Gasteiger charge is -2.42. The fourth-order valence-electron chi connectivity index (χ4n) is 3.71. The van der Waals surface area contributed by atoms with E-state index in [4.69, 9.17) is 9.84 Å². The number of aromatic nitrogens is 2. The Morgan fingerprint density at radius 1 is 1.39 bits per heavy atom. The van der Waals surface area contributed by atoms with Gasteiger partial charge in [-0.3, -0.25) is 9.58 Å². The molecule has 1 aromatic heterocycles. The summed E-state index contributed by atoms with van der Waals surface area (Å²) in [7, 11) is 1.80. The van der Waals surface area contributed by atoms with Crippen LogP contribution in [0.4, 0.5) is 0 Å². The minimum absolute atomic E-state index is 0.109. The van der Waals surface area contributed by atoms with Crippen LogP contribution >= 0.6 is 0 Å². The normalized spacial score (nSPS) is 26.3. The molecular formula is C16H26N4O3. The third-order valence-electron chi connectivity index (χ3n) is 4.99. The molecule has 23 heavy (non-hydrogen) atoms. The second-order valence-electron chi connectivity index (χ2n) is 6.44. The van der Waals surface area contributed by atoms with E-state index in [0.717, 1.165) is 32.0 Å². The molecule has 1 saturated carbocycles. The number of hydrogen-bond acceptors (Lipinski definition) is 5. The molecule has 1 saturated heterocycles. The van der Waals surface area contributed by atoms with Gasteiger partial charge in [-0.2, -0.15) is 5.10 Å². The predicted molar refractivity (Wildman–Crippen MR) is 85.4 cm³/mol. The number of aromatic carboxylic acids is 1. The van der Waals surface area contributed by atoms with Crippen LogP contribution in [0.3, 0.4) is 0 Å². The Labute approximate surface area is 136 Å². The Balaban J connectivity index is 1.61. The largest absolute Gasteiger partial charge is 0.476 e. The van der Waals surface area contributed by atoms with Gasteiger partial charge in [0.25, 0.3) is 0 Å². The van der Waals surface area contributed by atoms with Crippen LogP contribution < -0.4 is 5.32 Å². The topological polar surface area (TPSA) is 79.6 Å². The molecule has 2 fully saturated rings. The minimum atomic E-state index is -0.976. The molecule has 7 nitrogen and oxygen atoms in total. The van der Waals surface area contributed by atoms with Gasteiger partial charge in [0.05, 0.1) is 18.9 Å². The Hall–Kier alpha value is -1.44. The van der Waals surface area contributed by atoms with Crippen molar-refractivity contribution in [2.75, 3.05) is 26.3 Å². The molecule has 1 aromatic rings. The van der Waals surface area contributed by atoms with Gasteiger partial charge in [0.2, 0.25) is 0 Å². The lowest BCUT2D eigenvalue weighted by atomic mass is 9.89. The van der Waals surface area contributed by atoms with Gasteiger partial charge in [-0.15, -0.1) is 0 Å². The first-order chi connectivity index (χ1) is 11.1. The second kappa shape index (κ2) is 7.42. The number of nitrogens with zero attached hydrogens (tertiary/aromatic N) is 3. The van der Waals surface area contributed by atoms with E-state index in [1.807, 2.05) is 0 Å². The summed E-state index contributed by atoms with van der Waals surface area (Å²) in [5.74, 6) is -0.976. The van der Waals surface area contributed by atoms with E-state index in [-0.39, 0.29) is 5.69 Å². The highest BCUT2D eigenvalue weighted by Crippen LogP contribution is 2.24. The van der Waals surface area contributed by atoms with E-state index in [1.54, 1.807) is 17.8 Å². The highest BCUT2D eigenvalue weighted by Gasteiger charge is 2.30. The molecule has 2 atom stereocenters. The van der Waals surface area contributed by atoms with Gasteiger partial charge in [0.15, 0.2) is 5.69 Å². The maximum atomic E-state index is 11.0. The van der Waals surface area contributed by atoms with Crippen LogP contribution in [-0.2, 0) is 18.3 Å². The summed E-state index contributed by atoms with van der Waals surface area (Å²) in [4.78, 5) is 13.6. The van der Waals surface area contributed by atoms with Gasteiger partial charge >= 0.3 is 5.97 Å². The Kier molecular flexibility index (Phi) is 5.30. The van der Waals surface area contributed by atoms with Crippen LogP contribution in [-0.4, -0.2) is 64.1 Å². The molecule has 2 aliphatic rings. The monoisotopic (exact) mass is 322 g/mol. The van der Waals surface area contributed by atoms with Crippen LogP contribution in [0.2, 0.25) is 0 Å². The van der Waals surface area contributed by atoms with E-state index >= 15 is 0 Å². The van der Waals surface area contributed by atoms with E-state index in [2.05, 4.69) is 15.3 Å². The summed E-state index contributed by atoms with van der Waals surface area (Å²) in [5, 5.41) is 16.7. The Bertz CT molecular complexity index is 539. The maximum Gasteiger partial charge on any atom is 0.356 e. The van der Waals surface area contributed by atoms with Crippen LogP contribution in [0.25, 0.3) is 0 Å². The van der Waals surface area contributed by atoms with Crippen molar-refractivity contribution in [2.24, 2.45) is 7.05 Å². The first kappa shape index (κ1) is 16.4. The lowest BCUT2D eigenvalue weighted by molar-refractivity contribution is -0.000526. The fraction of sp³-hybridized carbons (Fsp3) is 0.750. The van der Waals surface area contributed by atoms with Gasteiger partial charge in [0.1, 0.15) is 0 Å². The predicted octanol–water partition coefficient (Wildman–Crippen LogP) is 0.851. The Morgan fingerprint density at radius 3 is 2.83 bits per heavy atom. The number of carboxylic acids is 1. The average Bonchev–Trinajstić information content (AvgIpc) is 2.95. The third kappa shape index (κ3) is 3.91. The zero-order valence-electron chi connectivity index (χ0n) is 13.7. The molecule has 0 radical (unpaired) electrons. The van der Waals surface area contributed by atoms with Crippen LogP contribution in [0, 0.1) is 0 Å². The number of carboxylic acid groups (broad SMARTS) is 1. The molecule has 0 spiro atoms. The molecule has 0 bridgehead atoms. The van der Waals surface area contributed by atoms with Crippen molar-refractivity contribution in [3.05, 3.63) is 17.5 Å². The quantitative estimate of drug-likeness (QED) is 0.837. The van der Waals surface area contributed by atoms with Crippen molar-refractivity contribution in [1.29, 1.82) is 0 Å². The van der Waals surface area contributed by atoms with Crippen molar-refractivity contribution in [3.63, 3.8) is 0 Å². The number of morpholine rings is 1. The van der Waals surface area contributed by atoms with Gasteiger partial charge in [-0.1, -0.05) is 12.8 Å². The fourth-order valence-corrected chi connectivity index (χ4v) is 3.71. The molecular weight excluding hydrogens is 296 g/mol. The number of nitrogens with one attached hydrogen (secondary N) is 1. The summed E-state index contributed by atoms with van der Waals surface area (Å²) in [5.41, 5.74) is 1.02. The molecule has 2 heterocycles. The van der Waals surface area contributed by atoms with Crippen molar-refractivity contribution < 1.29 is 14.6 Å². The molecule has 2 unspecified atom stereocenters. The van der Waals surface area contributed by atoms with E-state index in [1.165, 1.54) is 25.7 Å². The van der Waals surface area contributed by atoms with Gasteiger partial charge < -0.3 is 15.2 Å². The smallest absolute Gasteiger partial charge is 0.356 e. The molecule has 1 aliphatic heterocycles. The number of hydrogen-bond donors (Lipinski definition) is 2. The minimum Gasteiger partial charge on any atom is -0.476 e. The van der Waals surface area contributed by atoms with Gasteiger partial charge in [0, 0.05) is 38.8 Å². The molecule has 128 valence electrons. The van der Waals surface area contributed by atoms with Crippen molar-refractivity contribution in [2.45, 2.75) is 44.3 Å². The SMILES string of the molecule is Cn1nc(C(=O)O)cc1CNC1CCCCC1N1CCOCC1. The number of rotatable bonds is 5. The molecule has 1 aliphatic carbocycles. The van der Waals surface area contributed by atoms with Crippen molar-refractivity contribution in [1.82, 2.24) is 20.0 Å². The number of carbonyl (C=O) groups is 1. The van der Waals surface area contributed by atoms with Crippen molar-refractivity contribution >= 4 is 5.97 Å². The Morgan fingerprint density at radius 2 is 2.13 bits per heavy atom. The summed E-state index contributed by atoms with van der Waals surface area (Å²) < 4.78 is 7.12. The maximum absolute atomic E-state index is 11.0. The van der Waals surface area contributed by atoms with Gasteiger partial charge in [-0.25, -0.2) is 4.79 Å². The van der Waals surface area contributed by atoms with E-state index < -0.39 is 5.97 Å². The first-order valence-corrected chi connectivity index (χ1v) is 8.46. The summed E-state index contributed by atoms with van der Waals surface area (Å²) in [6, 6.07) is 2.66. The first-order valence-electron chi connectivity index (χ1n) is 8.46. The lowest BCUT2D eigenvalue weighted by Crippen LogP contribution is -2.54. The highest BCUT2D eigenvalue weighted by molar-refractivity contribution is 5.85. The molecule has 0 aromatic carbocycles. The van der Waals surface area contributed by atoms with Crippen LogP contribution in [0.1, 0.15) is 41.9 Å². The number of ether oxygens (including phenoxy) is 1. The van der Waals surface area contributed by atoms with E-state index in [9.17, 15) is 4.79 Å².